The third-order valence-corrected chi connectivity index (χ3v) is 4.75. The molecule has 0 aromatic heterocycles. The van der Waals surface area contributed by atoms with Gasteiger partial charge in [0.25, 0.3) is 5.91 Å². The highest BCUT2D eigenvalue weighted by atomic mass is 35.5. The Morgan fingerprint density at radius 2 is 1.97 bits per heavy atom. The molecule has 1 aliphatic rings. The summed E-state index contributed by atoms with van der Waals surface area (Å²) in [5, 5.41) is 0.249. The number of ether oxygens (including phenoxy) is 3. The highest BCUT2D eigenvalue weighted by Gasteiger charge is 2.25. The molecule has 2 aromatic carbocycles. The zero-order valence-electron chi connectivity index (χ0n) is 17.8. The van der Waals surface area contributed by atoms with Gasteiger partial charge in [-0.15, -0.1) is 0 Å². The third kappa shape index (κ3) is 5.24. The molecule has 0 saturated carbocycles. The molecule has 0 bridgehead atoms. The van der Waals surface area contributed by atoms with Crippen molar-refractivity contribution in [1.82, 2.24) is 4.90 Å². The van der Waals surface area contributed by atoms with Crippen LogP contribution in [-0.4, -0.2) is 50.0 Å². The molecule has 3 rings (SSSR count). The lowest BCUT2D eigenvalue weighted by Gasteiger charge is -2.16. The fourth-order valence-electron chi connectivity index (χ4n) is 2.83. The smallest absolute Gasteiger partial charge is 0.363 e. The topological polar surface area (TPSA) is 77.4 Å². The van der Waals surface area contributed by atoms with Crippen LogP contribution in [0.5, 0.6) is 11.5 Å². The van der Waals surface area contributed by atoms with Crippen molar-refractivity contribution in [2.24, 2.45) is 4.99 Å². The monoisotopic (exact) mass is 442 g/mol. The predicted molar refractivity (Wildman–Crippen MR) is 119 cm³/mol. The van der Waals surface area contributed by atoms with Gasteiger partial charge in [-0.3, -0.25) is 4.79 Å². The molecule has 1 amide bonds. The number of halogens is 1. The molecule has 0 unspecified atom stereocenters. The van der Waals surface area contributed by atoms with Gasteiger partial charge in [-0.1, -0.05) is 29.8 Å². The minimum absolute atomic E-state index is 0.147. The molecule has 0 radical (unpaired) electrons. The summed E-state index contributed by atoms with van der Waals surface area (Å²) in [7, 11) is 3.27. The van der Waals surface area contributed by atoms with Crippen molar-refractivity contribution in [3.8, 4) is 11.5 Å². The molecule has 0 aliphatic carbocycles. The number of carbonyl (C=O) groups is 2. The summed E-state index contributed by atoms with van der Waals surface area (Å²) in [6, 6.07) is 10.8. The maximum atomic E-state index is 12.3. The van der Waals surface area contributed by atoms with E-state index in [9.17, 15) is 9.59 Å². The van der Waals surface area contributed by atoms with Crippen LogP contribution in [0.2, 0.25) is 5.02 Å². The second kappa shape index (κ2) is 9.66. The molecule has 0 atom stereocenters. The van der Waals surface area contributed by atoms with E-state index >= 15 is 0 Å². The Kier molecular flexibility index (Phi) is 6.97. The van der Waals surface area contributed by atoms with Gasteiger partial charge in [-0.05, 0) is 49.2 Å². The van der Waals surface area contributed by atoms with E-state index in [2.05, 4.69) is 4.99 Å². The van der Waals surface area contributed by atoms with Gasteiger partial charge >= 0.3 is 5.97 Å². The average Bonchev–Trinajstić information content (AvgIpc) is 3.07. The normalized spacial score (nSPS) is 14.3. The first-order chi connectivity index (χ1) is 14.8. The van der Waals surface area contributed by atoms with Crippen molar-refractivity contribution in [2.45, 2.75) is 13.8 Å². The van der Waals surface area contributed by atoms with E-state index in [0.29, 0.717) is 17.9 Å². The molecule has 0 saturated heterocycles. The largest absolute Gasteiger partial charge is 0.490 e. The first-order valence-corrected chi connectivity index (χ1v) is 10.1. The van der Waals surface area contributed by atoms with Gasteiger partial charge in [-0.25, -0.2) is 9.79 Å². The Morgan fingerprint density at radius 3 is 2.65 bits per heavy atom. The Balaban J connectivity index is 1.92. The molecular formula is C23H23ClN2O5. The number of rotatable bonds is 7. The van der Waals surface area contributed by atoms with Crippen molar-refractivity contribution in [3.05, 3.63) is 63.8 Å². The van der Waals surface area contributed by atoms with Gasteiger partial charge in [-0.2, -0.15) is 0 Å². The highest BCUT2D eigenvalue weighted by Crippen LogP contribution is 2.37. The summed E-state index contributed by atoms with van der Waals surface area (Å²) in [5.74, 6) is 0.121. The zero-order valence-corrected chi connectivity index (χ0v) is 18.5. The molecular weight excluding hydrogens is 420 g/mol. The van der Waals surface area contributed by atoms with E-state index in [4.69, 9.17) is 25.8 Å². The first-order valence-electron chi connectivity index (χ1n) is 9.68. The standard InChI is InChI=1S/C23H23ClN2O5/c1-5-29-19-12-15(10-17(24)21(19)30-13-20(27)26(3)4)11-18-23(28)31-22(25-18)16-9-7-6-8-14(16)2/h6-12H,5,13H2,1-4H3/b18-11-. The molecule has 8 heteroatoms. The zero-order chi connectivity index (χ0) is 22.5. The Morgan fingerprint density at radius 1 is 1.23 bits per heavy atom. The van der Waals surface area contributed by atoms with Crippen LogP contribution in [0.4, 0.5) is 0 Å². The number of carbonyl (C=O) groups excluding carboxylic acids is 2. The number of likely N-dealkylation sites (N-methyl/N-ethyl adjacent to an activating group) is 1. The van der Waals surface area contributed by atoms with Crippen molar-refractivity contribution in [1.29, 1.82) is 0 Å². The minimum Gasteiger partial charge on any atom is -0.490 e. The first kappa shape index (κ1) is 22.4. The van der Waals surface area contributed by atoms with E-state index in [0.717, 1.165) is 11.1 Å². The maximum absolute atomic E-state index is 12.3. The van der Waals surface area contributed by atoms with Gasteiger partial charge in [0.2, 0.25) is 5.90 Å². The van der Waals surface area contributed by atoms with Crippen molar-refractivity contribution in [2.75, 3.05) is 27.3 Å². The van der Waals surface area contributed by atoms with Crippen LogP contribution in [0, 0.1) is 6.92 Å². The lowest BCUT2D eigenvalue weighted by Crippen LogP contribution is -2.27. The van der Waals surface area contributed by atoms with E-state index in [1.807, 2.05) is 38.1 Å². The number of aryl methyl sites for hydroxylation is 1. The molecule has 0 fully saturated rings. The van der Waals surface area contributed by atoms with Crippen molar-refractivity contribution >= 4 is 35.5 Å². The quantitative estimate of drug-likeness (QED) is 0.480. The average molecular weight is 443 g/mol. The summed E-state index contributed by atoms with van der Waals surface area (Å²) >= 11 is 6.39. The van der Waals surface area contributed by atoms with Crippen LogP contribution in [0.1, 0.15) is 23.6 Å². The number of nitrogens with zero attached hydrogens (tertiary/aromatic N) is 2. The summed E-state index contributed by atoms with van der Waals surface area (Å²) < 4.78 is 16.6. The van der Waals surface area contributed by atoms with Crippen LogP contribution in [0.25, 0.3) is 6.08 Å². The summed E-state index contributed by atoms with van der Waals surface area (Å²) in [5.41, 5.74) is 2.43. The molecule has 0 N–H and O–H groups in total. The van der Waals surface area contributed by atoms with E-state index in [1.54, 1.807) is 32.3 Å². The number of hydrogen-bond donors (Lipinski definition) is 0. The summed E-state index contributed by atoms with van der Waals surface area (Å²) in [6.07, 6.45) is 1.57. The van der Waals surface area contributed by atoms with Gasteiger partial charge < -0.3 is 19.1 Å². The van der Waals surface area contributed by atoms with E-state index in [1.165, 1.54) is 4.90 Å². The molecule has 0 spiro atoms. The second-order valence-corrected chi connectivity index (χ2v) is 7.40. The van der Waals surface area contributed by atoms with Crippen molar-refractivity contribution in [3.63, 3.8) is 0 Å². The maximum Gasteiger partial charge on any atom is 0.363 e. The molecule has 1 aliphatic heterocycles. The van der Waals surface area contributed by atoms with Gasteiger partial charge in [0.1, 0.15) is 0 Å². The van der Waals surface area contributed by atoms with Crippen LogP contribution in [-0.2, 0) is 14.3 Å². The predicted octanol–water partition coefficient (Wildman–Crippen LogP) is 3.86. The Bertz CT molecular complexity index is 1080. The van der Waals surface area contributed by atoms with E-state index in [-0.39, 0.29) is 34.9 Å². The summed E-state index contributed by atoms with van der Waals surface area (Å²) in [4.78, 5) is 29.9. The fourth-order valence-corrected chi connectivity index (χ4v) is 3.11. The number of hydrogen-bond acceptors (Lipinski definition) is 6. The molecule has 7 nitrogen and oxygen atoms in total. The van der Waals surface area contributed by atoms with E-state index < -0.39 is 5.97 Å². The molecule has 31 heavy (non-hydrogen) atoms. The summed E-state index contributed by atoms with van der Waals surface area (Å²) in [6.45, 7) is 3.93. The lowest BCUT2D eigenvalue weighted by molar-refractivity contribution is -0.131. The SMILES string of the molecule is CCOc1cc(/C=C2\N=C(c3ccccc3C)OC2=O)cc(Cl)c1OCC(=O)N(C)C. The van der Waals surface area contributed by atoms with Gasteiger partial charge in [0, 0.05) is 19.7 Å². The second-order valence-electron chi connectivity index (χ2n) is 6.99. The van der Waals surface area contributed by atoms with Crippen LogP contribution in [0.3, 0.4) is 0 Å². The fraction of sp³-hybridized carbons (Fsp3) is 0.261. The minimum atomic E-state index is -0.552. The van der Waals surface area contributed by atoms with Gasteiger partial charge in [0.05, 0.1) is 11.6 Å². The number of benzene rings is 2. The molecule has 1 heterocycles. The third-order valence-electron chi connectivity index (χ3n) is 4.47. The number of esters is 1. The molecule has 2 aromatic rings. The lowest BCUT2D eigenvalue weighted by atomic mass is 10.1. The Labute approximate surface area is 185 Å². The van der Waals surface area contributed by atoms with Crippen molar-refractivity contribution < 1.29 is 23.8 Å². The number of aliphatic imine (C=N–C) groups is 1. The van der Waals surface area contributed by atoms with Crippen LogP contribution in [0.15, 0.2) is 47.1 Å². The number of cyclic esters (lactones) is 1. The Hall–Kier alpha value is -3.32. The highest BCUT2D eigenvalue weighted by molar-refractivity contribution is 6.32. The number of amides is 1. The van der Waals surface area contributed by atoms with Gasteiger partial charge in [0.15, 0.2) is 23.8 Å². The molecule has 162 valence electrons. The van der Waals surface area contributed by atoms with Crippen LogP contribution >= 0.6 is 11.6 Å². The van der Waals surface area contributed by atoms with Crippen LogP contribution < -0.4 is 9.47 Å².